The summed E-state index contributed by atoms with van der Waals surface area (Å²) in [7, 11) is 1.89. The van der Waals surface area contributed by atoms with E-state index >= 15 is 0 Å². The number of anilines is 1. The third-order valence-corrected chi connectivity index (χ3v) is 4.83. The van der Waals surface area contributed by atoms with Gasteiger partial charge in [0.05, 0.1) is 6.54 Å². The van der Waals surface area contributed by atoms with Gasteiger partial charge < -0.3 is 14.6 Å². The van der Waals surface area contributed by atoms with Gasteiger partial charge in [-0.25, -0.2) is 0 Å². The van der Waals surface area contributed by atoms with Crippen LogP contribution in [0.2, 0.25) is 0 Å². The van der Waals surface area contributed by atoms with E-state index in [1.54, 1.807) is 0 Å². The van der Waals surface area contributed by atoms with Gasteiger partial charge in [-0.2, -0.15) is 0 Å². The lowest BCUT2D eigenvalue weighted by molar-refractivity contribution is 0.217. The van der Waals surface area contributed by atoms with E-state index in [0.717, 1.165) is 30.9 Å². The molecule has 1 aliphatic heterocycles. The van der Waals surface area contributed by atoms with Crippen molar-refractivity contribution >= 4 is 18.4 Å². The first kappa shape index (κ1) is 16.6. The molecule has 1 unspecified atom stereocenters. The quantitative estimate of drug-likeness (QED) is 0.926. The maximum atomic E-state index is 5.74. The summed E-state index contributed by atoms with van der Waals surface area (Å²) < 4.78 is 5.74. The van der Waals surface area contributed by atoms with Gasteiger partial charge in [0.1, 0.15) is 0 Å². The number of nitrogens with one attached hydrogen (secondary N) is 1. The maximum Gasteiger partial charge on any atom is 0.318 e. The Morgan fingerprint density at radius 1 is 1.10 bits per heavy atom. The zero-order valence-electron chi connectivity index (χ0n) is 12.9. The van der Waals surface area contributed by atoms with E-state index < -0.39 is 0 Å². The second-order valence-electron chi connectivity index (χ2n) is 6.26. The van der Waals surface area contributed by atoms with Crippen LogP contribution in [0.5, 0.6) is 0 Å². The van der Waals surface area contributed by atoms with Gasteiger partial charge >= 0.3 is 6.01 Å². The van der Waals surface area contributed by atoms with Crippen molar-refractivity contribution < 1.29 is 4.42 Å². The lowest BCUT2D eigenvalue weighted by Gasteiger charge is -2.37. The fourth-order valence-corrected chi connectivity index (χ4v) is 3.77. The third-order valence-electron chi connectivity index (χ3n) is 4.83. The standard InChI is InChI=1S/C15H26N4O.ClH/c1-16-10-14-17-18-15(20-14)19-9-5-8-13(11-19)12-6-3-2-4-7-12;/h12-13,16H,2-11H2,1H3;1H. The van der Waals surface area contributed by atoms with Crippen LogP contribution in [-0.2, 0) is 6.54 Å². The molecule has 1 atom stereocenters. The van der Waals surface area contributed by atoms with Crippen LogP contribution in [0.25, 0.3) is 0 Å². The Labute approximate surface area is 133 Å². The third kappa shape index (κ3) is 4.10. The van der Waals surface area contributed by atoms with E-state index in [0.29, 0.717) is 12.4 Å². The first-order chi connectivity index (χ1) is 9.86. The lowest BCUT2D eigenvalue weighted by Crippen LogP contribution is -2.39. The Balaban J connectivity index is 0.00000161. The van der Waals surface area contributed by atoms with Crippen molar-refractivity contribution in [3.05, 3.63) is 5.89 Å². The fraction of sp³-hybridized carbons (Fsp3) is 0.867. The summed E-state index contributed by atoms with van der Waals surface area (Å²) in [4.78, 5) is 2.30. The maximum absolute atomic E-state index is 5.74. The van der Waals surface area contributed by atoms with Crippen LogP contribution >= 0.6 is 12.4 Å². The highest BCUT2D eigenvalue weighted by atomic mass is 35.5. The van der Waals surface area contributed by atoms with Crippen LogP contribution in [0, 0.1) is 11.8 Å². The van der Waals surface area contributed by atoms with Crippen LogP contribution in [0.4, 0.5) is 6.01 Å². The van der Waals surface area contributed by atoms with Gasteiger partial charge in [-0.3, -0.25) is 0 Å². The second kappa shape index (κ2) is 7.99. The molecule has 0 radical (unpaired) electrons. The summed E-state index contributed by atoms with van der Waals surface area (Å²) in [6.07, 6.45) is 9.76. The first-order valence-electron chi connectivity index (χ1n) is 8.08. The highest BCUT2D eigenvalue weighted by Gasteiger charge is 2.30. The molecule has 0 amide bonds. The smallest absolute Gasteiger partial charge is 0.318 e. The van der Waals surface area contributed by atoms with Crippen molar-refractivity contribution in [3.63, 3.8) is 0 Å². The van der Waals surface area contributed by atoms with Gasteiger partial charge in [0.2, 0.25) is 5.89 Å². The minimum atomic E-state index is 0. The van der Waals surface area contributed by atoms with Gasteiger partial charge in [0, 0.05) is 13.1 Å². The second-order valence-corrected chi connectivity index (χ2v) is 6.26. The van der Waals surface area contributed by atoms with E-state index in [2.05, 4.69) is 20.4 Å². The lowest BCUT2D eigenvalue weighted by atomic mass is 9.76. The van der Waals surface area contributed by atoms with Crippen molar-refractivity contribution in [1.82, 2.24) is 15.5 Å². The van der Waals surface area contributed by atoms with Crippen molar-refractivity contribution in [3.8, 4) is 0 Å². The fourth-order valence-electron chi connectivity index (χ4n) is 3.77. The molecule has 1 saturated heterocycles. The molecule has 0 aromatic carbocycles. The largest absolute Gasteiger partial charge is 0.407 e. The molecule has 120 valence electrons. The van der Waals surface area contributed by atoms with Crippen LogP contribution in [0.3, 0.4) is 0 Å². The summed E-state index contributed by atoms with van der Waals surface area (Å²) in [5, 5.41) is 11.4. The zero-order chi connectivity index (χ0) is 13.8. The number of hydrogen-bond acceptors (Lipinski definition) is 5. The van der Waals surface area contributed by atoms with E-state index in [1.807, 2.05) is 7.05 Å². The topological polar surface area (TPSA) is 54.2 Å². The molecule has 1 aliphatic carbocycles. The van der Waals surface area contributed by atoms with Crippen LogP contribution < -0.4 is 10.2 Å². The number of halogens is 1. The van der Waals surface area contributed by atoms with E-state index in [-0.39, 0.29) is 12.4 Å². The predicted molar refractivity (Wildman–Crippen MR) is 85.8 cm³/mol. The molecule has 3 rings (SSSR count). The molecule has 2 heterocycles. The summed E-state index contributed by atoms with van der Waals surface area (Å²) in [5.41, 5.74) is 0. The van der Waals surface area contributed by atoms with E-state index in [4.69, 9.17) is 4.42 Å². The molecule has 2 aliphatic rings. The predicted octanol–water partition coefficient (Wildman–Crippen LogP) is 3.01. The van der Waals surface area contributed by atoms with Crippen LogP contribution in [-0.4, -0.2) is 30.3 Å². The Kier molecular flexibility index (Phi) is 6.30. The summed E-state index contributed by atoms with van der Waals surface area (Å²) >= 11 is 0. The average molecular weight is 315 g/mol. The first-order valence-corrected chi connectivity index (χ1v) is 8.08. The Morgan fingerprint density at radius 3 is 2.62 bits per heavy atom. The van der Waals surface area contributed by atoms with Gasteiger partial charge in [-0.05, 0) is 31.7 Å². The molecule has 1 saturated carbocycles. The SMILES string of the molecule is CNCc1nnc(N2CCCC(C3CCCCC3)C2)o1.Cl. The van der Waals surface area contributed by atoms with Gasteiger partial charge in [0.15, 0.2) is 0 Å². The van der Waals surface area contributed by atoms with Crippen molar-refractivity contribution in [2.45, 2.75) is 51.5 Å². The van der Waals surface area contributed by atoms with Crippen LogP contribution in [0.15, 0.2) is 4.42 Å². The molecule has 1 aromatic rings. The zero-order valence-corrected chi connectivity index (χ0v) is 13.7. The Hall–Kier alpha value is -0.810. The molecule has 6 heteroatoms. The molecular formula is C15H27ClN4O. The van der Waals surface area contributed by atoms with Gasteiger partial charge in [-0.1, -0.05) is 37.2 Å². The molecule has 2 fully saturated rings. The monoisotopic (exact) mass is 314 g/mol. The van der Waals surface area contributed by atoms with Gasteiger partial charge in [0.25, 0.3) is 0 Å². The van der Waals surface area contributed by atoms with Crippen molar-refractivity contribution in [2.75, 3.05) is 25.0 Å². The molecule has 0 spiro atoms. The highest BCUT2D eigenvalue weighted by molar-refractivity contribution is 5.85. The minimum Gasteiger partial charge on any atom is -0.407 e. The molecule has 1 N–H and O–H groups in total. The Morgan fingerprint density at radius 2 is 1.86 bits per heavy atom. The molecule has 0 bridgehead atoms. The minimum absolute atomic E-state index is 0. The summed E-state index contributed by atoms with van der Waals surface area (Å²) in [6, 6.07) is 0.718. The van der Waals surface area contributed by atoms with Gasteiger partial charge in [-0.15, -0.1) is 17.5 Å². The summed E-state index contributed by atoms with van der Waals surface area (Å²) in [6.45, 7) is 2.81. The van der Waals surface area contributed by atoms with E-state index in [1.165, 1.54) is 44.9 Å². The summed E-state index contributed by atoms with van der Waals surface area (Å²) in [5.74, 6) is 2.43. The molecule has 5 nitrogen and oxygen atoms in total. The number of piperidine rings is 1. The van der Waals surface area contributed by atoms with Crippen LogP contribution in [0.1, 0.15) is 50.8 Å². The normalized spacial score (nSPS) is 23.9. The highest BCUT2D eigenvalue weighted by Crippen LogP contribution is 2.35. The average Bonchev–Trinajstić information content (AvgIpc) is 2.97. The van der Waals surface area contributed by atoms with Crippen molar-refractivity contribution in [2.24, 2.45) is 11.8 Å². The number of hydrogen-bond donors (Lipinski definition) is 1. The Bertz CT molecular complexity index is 420. The molecular weight excluding hydrogens is 288 g/mol. The van der Waals surface area contributed by atoms with Crippen molar-refractivity contribution in [1.29, 1.82) is 0 Å². The number of nitrogens with zero attached hydrogens (tertiary/aromatic N) is 3. The van der Waals surface area contributed by atoms with E-state index in [9.17, 15) is 0 Å². The number of rotatable bonds is 4. The molecule has 1 aromatic heterocycles. The number of aromatic nitrogens is 2. The molecule has 21 heavy (non-hydrogen) atoms.